The second-order valence-corrected chi connectivity index (χ2v) is 9.11. The molecule has 0 radical (unpaired) electrons. The van der Waals surface area contributed by atoms with Gasteiger partial charge in [0.15, 0.2) is 5.16 Å². The number of nitrogens with one attached hydrogen (secondary N) is 1. The number of fused-ring (bicyclic) bond motifs is 2. The van der Waals surface area contributed by atoms with Crippen LogP contribution in [0.4, 0.5) is 0 Å². The highest BCUT2D eigenvalue weighted by Gasteiger charge is 2.19. The number of aromatic amines is 1. The summed E-state index contributed by atoms with van der Waals surface area (Å²) in [6.07, 6.45) is 0.921. The van der Waals surface area contributed by atoms with Gasteiger partial charge in [0.1, 0.15) is 5.82 Å². The van der Waals surface area contributed by atoms with Crippen LogP contribution in [0.3, 0.4) is 0 Å². The maximum absolute atomic E-state index is 13.5. The minimum Gasteiger partial charge on any atom is -0.309 e. The van der Waals surface area contributed by atoms with Gasteiger partial charge in [0, 0.05) is 0 Å². The van der Waals surface area contributed by atoms with E-state index in [1.54, 1.807) is 16.7 Å². The number of nitrogens with zero attached hydrogens (tertiary/aromatic N) is 3. The van der Waals surface area contributed by atoms with E-state index in [0.29, 0.717) is 32.8 Å². The van der Waals surface area contributed by atoms with E-state index in [2.05, 4.69) is 16.9 Å². The average molecular weight is 455 g/mol. The molecule has 0 amide bonds. The molecule has 6 nitrogen and oxygen atoms in total. The van der Waals surface area contributed by atoms with Gasteiger partial charge in [-0.3, -0.25) is 14.2 Å². The van der Waals surface area contributed by atoms with Crippen LogP contribution in [-0.2, 0) is 6.42 Å². The summed E-state index contributed by atoms with van der Waals surface area (Å²) in [6.45, 7) is 4.04. The molecule has 164 valence electrons. The quantitative estimate of drug-likeness (QED) is 0.297. The summed E-state index contributed by atoms with van der Waals surface area (Å²) >= 11 is 1.39. The Labute approximate surface area is 194 Å². The molecule has 5 aromatic rings. The lowest BCUT2D eigenvalue weighted by molar-refractivity contribution is 0.809. The fraction of sp³-hybridized carbons (Fsp3) is 0.154. The van der Waals surface area contributed by atoms with Crippen LogP contribution in [0.5, 0.6) is 0 Å². The predicted molar refractivity (Wildman–Crippen MR) is 133 cm³/mol. The highest BCUT2D eigenvalue weighted by atomic mass is 32.2. The second-order valence-electron chi connectivity index (χ2n) is 7.80. The summed E-state index contributed by atoms with van der Waals surface area (Å²) in [4.78, 5) is 38.4. The summed E-state index contributed by atoms with van der Waals surface area (Å²) in [6, 6.07) is 22.5. The molecule has 33 heavy (non-hydrogen) atoms. The first kappa shape index (κ1) is 21.2. The zero-order valence-corrected chi connectivity index (χ0v) is 19.1. The molecule has 0 fully saturated rings. The third kappa shape index (κ3) is 3.96. The Hall–Kier alpha value is -3.71. The van der Waals surface area contributed by atoms with Crippen molar-refractivity contribution in [1.29, 1.82) is 0 Å². The normalized spacial score (nSPS) is 12.3. The molecule has 0 aliphatic carbocycles. The van der Waals surface area contributed by atoms with Crippen molar-refractivity contribution in [2.75, 3.05) is 0 Å². The van der Waals surface area contributed by atoms with Gasteiger partial charge in [0.05, 0.1) is 32.7 Å². The molecular weight excluding hydrogens is 432 g/mol. The maximum atomic E-state index is 13.5. The molecule has 5 rings (SSSR count). The van der Waals surface area contributed by atoms with Crippen molar-refractivity contribution in [3.8, 4) is 5.69 Å². The van der Waals surface area contributed by atoms with Gasteiger partial charge in [-0.1, -0.05) is 55.1 Å². The molecule has 0 saturated heterocycles. The molecule has 1 atom stereocenters. The molecule has 0 bridgehead atoms. The Kier molecular flexibility index (Phi) is 5.56. The highest BCUT2D eigenvalue weighted by molar-refractivity contribution is 7.99. The van der Waals surface area contributed by atoms with Crippen molar-refractivity contribution in [2.24, 2.45) is 0 Å². The topological polar surface area (TPSA) is 80.6 Å². The van der Waals surface area contributed by atoms with Crippen LogP contribution in [-0.4, -0.2) is 19.5 Å². The minimum atomic E-state index is -0.239. The van der Waals surface area contributed by atoms with Gasteiger partial charge in [0.2, 0.25) is 0 Å². The fourth-order valence-corrected chi connectivity index (χ4v) is 4.80. The summed E-state index contributed by atoms with van der Waals surface area (Å²) < 4.78 is 1.64. The number of benzene rings is 3. The molecule has 0 spiro atoms. The van der Waals surface area contributed by atoms with Gasteiger partial charge in [-0.25, -0.2) is 9.97 Å². The number of aryl methyl sites for hydroxylation is 1. The SMILES string of the molecule is CCc1ccc(-n2c(SC(C)c3nc4ccccc4c(=O)[nH]3)nc3ccccc3c2=O)cc1. The van der Waals surface area contributed by atoms with Gasteiger partial charge in [-0.15, -0.1) is 0 Å². The zero-order chi connectivity index (χ0) is 22.9. The van der Waals surface area contributed by atoms with Crippen LogP contribution in [0.1, 0.15) is 30.5 Å². The molecule has 3 aromatic carbocycles. The summed E-state index contributed by atoms with van der Waals surface area (Å²) in [5, 5.41) is 1.42. The summed E-state index contributed by atoms with van der Waals surface area (Å²) in [5.74, 6) is 0.541. The number of rotatable bonds is 5. The Morgan fingerprint density at radius 1 is 0.879 bits per heavy atom. The molecule has 1 N–H and O–H groups in total. The first-order valence-corrected chi connectivity index (χ1v) is 11.7. The van der Waals surface area contributed by atoms with E-state index in [-0.39, 0.29) is 16.4 Å². The molecule has 2 aromatic heterocycles. The third-order valence-electron chi connectivity index (χ3n) is 5.65. The van der Waals surface area contributed by atoms with Crippen molar-refractivity contribution in [2.45, 2.75) is 30.7 Å². The van der Waals surface area contributed by atoms with E-state index >= 15 is 0 Å². The number of thioether (sulfide) groups is 1. The maximum Gasteiger partial charge on any atom is 0.266 e. The van der Waals surface area contributed by atoms with Crippen LogP contribution < -0.4 is 11.1 Å². The second kappa shape index (κ2) is 8.67. The lowest BCUT2D eigenvalue weighted by Crippen LogP contribution is -2.22. The summed E-state index contributed by atoms with van der Waals surface area (Å²) in [5.41, 5.74) is 2.93. The molecule has 0 aliphatic rings. The minimum absolute atomic E-state index is 0.125. The Morgan fingerprint density at radius 3 is 2.21 bits per heavy atom. The van der Waals surface area contributed by atoms with Gasteiger partial charge in [0.25, 0.3) is 11.1 Å². The van der Waals surface area contributed by atoms with E-state index in [1.807, 2.05) is 67.6 Å². The van der Waals surface area contributed by atoms with E-state index in [0.717, 1.165) is 12.1 Å². The first-order chi connectivity index (χ1) is 16.0. The van der Waals surface area contributed by atoms with Gasteiger partial charge in [-0.2, -0.15) is 0 Å². The van der Waals surface area contributed by atoms with Crippen molar-refractivity contribution in [1.82, 2.24) is 19.5 Å². The van der Waals surface area contributed by atoms with Gasteiger partial charge in [-0.05, 0) is 55.3 Å². The van der Waals surface area contributed by atoms with E-state index in [1.165, 1.54) is 17.3 Å². The van der Waals surface area contributed by atoms with Gasteiger partial charge < -0.3 is 4.98 Å². The number of H-pyrrole nitrogens is 1. The van der Waals surface area contributed by atoms with Crippen LogP contribution >= 0.6 is 11.8 Å². The lowest BCUT2D eigenvalue weighted by Gasteiger charge is -2.16. The van der Waals surface area contributed by atoms with Crippen molar-refractivity contribution in [3.63, 3.8) is 0 Å². The van der Waals surface area contributed by atoms with E-state index < -0.39 is 0 Å². The standard InChI is InChI=1S/C26H22N4O2S/c1-3-17-12-14-18(15-13-17)30-25(32)20-9-5-7-11-22(20)28-26(30)33-16(2)23-27-21-10-6-4-8-19(21)24(31)29-23/h4-16H,3H2,1-2H3,(H,27,29,31). The van der Waals surface area contributed by atoms with Crippen LogP contribution in [0.15, 0.2) is 87.5 Å². The van der Waals surface area contributed by atoms with Crippen LogP contribution in [0.25, 0.3) is 27.5 Å². The molecule has 0 saturated carbocycles. The van der Waals surface area contributed by atoms with Crippen molar-refractivity contribution in [3.05, 3.63) is 105 Å². The van der Waals surface area contributed by atoms with Crippen molar-refractivity contribution < 1.29 is 0 Å². The summed E-state index contributed by atoms with van der Waals surface area (Å²) in [7, 11) is 0. The smallest absolute Gasteiger partial charge is 0.266 e. The van der Waals surface area contributed by atoms with E-state index in [4.69, 9.17) is 4.98 Å². The monoisotopic (exact) mass is 454 g/mol. The van der Waals surface area contributed by atoms with Crippen molar-refractivity contribution >= 4 is 33.6 Å². The third-order valence-corrected chi connectivity index (χ3v) is 6.71. The first-order valence-electron chi connectivity index (χ1n) is 10.8. The molecule has 1 unspecified atom stereocenters. The Morgan fingerprint density at radius 2 is 1.52 bits per heavy atom. The number of hydrogen-bond donors (Lipinski definition) is 1. The Bertz CT molecular complexity index is 1590. The average Bonchev–Trinajstić information content (AvgIpc) is 2.84. The number of hydrogen-bond acceptors (Lipinski definition) is 5. The zero-order valence-electron chi connectivity index (χ0n) is 18.3. The Balaban J connectivity index is 1.64. The van der Waals surface area contributed by atoms with Crippen LogP contribution in [0.2, 0.25) is 0 Å². The number of aromatic nitrogens is 4. The van der Waals surface area contributed by atoms with Crippen LogP contribution in [0, 0.1) is 0 Å². The largest absolute Gasteiger partial charge is 0.309 e. The van der Waals surface area contributed by atoms with Gasteiger partial charge >= 0.3 is 0 Å². The fourth-order valence-electron chi connectivity index (χ4n) is 3.81. The predicted octanol–water partition coefficient (Wildman–Crippen LogP) is 5.04. The molecular formula is C26H22N4O2S. The molecule has 2 heterocycles. The molecule has 7 heteroatoms. The lowest BCUT2D eigenvalue weighted by atomic mass is 10.1. The number of para-hydroxylation sites is 2. The van der Waals surface area contributed by atoms with E-state index in [9.17, 15) is 9.59 Å². The highest BCUT2D eigenvalue weighted by Crippen LogP contribution is 2.33. The molecule has 0 aliphatic heterocycles.